The molecule has 1 aliphatic rings. The zero-order chi connectivity index (χ0) is 37.2. The molecule has 1 N–H and O–H groups in total. The number of halogens is 3. The lowest BCUT2D eigenvalue weighted by Crippen LogP contribution is -2.50. The molecule has 2 aromatic carbocycles. The number of carbonyl (C=O) groups excluding carboxylic acids is 4. The summed E-state index contributed by atoms with van der Waals surface area (Å²) in [5.41, 5.74) is 1.92. The van der Waals surface area contributed by atoms with E-state index in [1.807, 2.05) is 6.92 Å². The van der Waals surface area contributed by atoms with Crippen LogP contribution in [0, 0.1) is 18.6 Å². The molecule has 2 aromatic heterocycles. The highest BCUT2D eigenvalue weighted by Crippen LogP contribution is 2.33. The van der Waals surface area contributed by atoms with Gasteiger partial charge in [0.25, 0.3) is 18.3 Å². The zero-order valence-electron chi connectivity index (χ0n) is 29.0. The van der Waals surface area contributed by atoms with Gasteiger partial charge in [0.1, 0.15) is 0 Å². The summed E-state index contributed by atoms with van der Waals surface area (Å²) in [5.74, 6) is -2.96. The van der Waals surface area contributed by atoms with Gasteiger partial charge in [-0.15, -0.1) is 0 Å². The number of rotatable bonds is 11. The molecule has 3 heterocycles. The van der Waals surface area contributed by atoms with Crippen LogP contribution in [-0.4, -0.2) is 100 Å². The van der Waals surface area contributed by atoms with Crippen LogP contribution in [0.2, 0.25) is 5.02 Å². The number of aromatic nitrogens is 4. The topological polar surface area (TPSA) is 141 Å². The molecule has 13 nitrogen and oxygen atoms in total. The Morgan fingerprint density at radius 1 is 0.980 bits per heavy atom. The van der Waals surface area contributed by atoms with Gasteiger partial charge in [-0.2, -0.15) is 5.10 Å². The van der Waals surface area contributed by atoms with Crippen molar-refractivity contribution >= 4 is 41.5 Å². The maximum Gasteiger partial charge on any atom is 0.292 e. The van der Waals surface area contributed by atoms with Gasteiger partial charge in [-0.25, -0.2) is 13.8 Å². The number of amides is 3. The maximum atomic E-state index is 15.5. The Labute approximate surface area is 299 Å². The Bertz CT molecular complexity index is 1890. The fourth-order valence-electron chi connectivity index (χ4n) is 5.59. The molecule has 0 bridgehead atoms. The third-order valence-corrected chi connectivity index (χ3v) is 8.70. The van der Waals surface area contributed by atoms with Crippen molar-refractivity contribution in [2.24, 2.45) is 7.05 Å². The summed E-state index contributed by atoms with van der Waals surface area (Å²) in [6, 6.07) is 7.46. The van der Waals surface area contributed by atoms with Gasteiger partial charge >= 0.3 is 0 Å². The fourth-order valence-corrected chi connectivity index (χ4v) is 5.86. The number of ether oxygens (including phenoxy) is 2. The van der Waals surface area contributed by atoms with Crippen molar-refractivity contribution in [3.05, 3.63) is 76.5 Å². The predicted octanol–water partition coefficient (Wildman–Crippen LogP) is 4.96. The first kappa shape index (κ1) is 38.6. The molecular formula is C35H40ClF2N7O6. The average Bonchev–Trinajstić information content (AvgIpc) is 3.69. The molecule has 0 aliphatic carbocycles. The normalized spacial score (nSPS) is 12.6. The first-order valence-corrected chi connectivity index (χ1v) is 16.5. The fraction of sp³-hybridized carbons (Fsp3) is 0.371. The highest BCUT2D eigenvalue weighted by Gasteiger charge is 2.27. The minimum absolute atomic E-state index is 0.0501. The second kappa shape index (κ2) is 17.7. The van der Waals surface area contributed by atoms with Crippen LogP contribution in [0.1, 0.15) is 46.4 Å². The summed E-state index contributed by atoms with van der Waals surface area (Å²) < 4.78 is 42.8. The summed E-state index contributed by atoms with van der Waals surface area (Å²) in [4.78, 5) is 55.0. The lowest BCUT2D eigenvalue weighted by atomic mass is 10.0. The standard InChI is InChI=1S/C33H36ClF2N7O4.C2H4O2/c1-5-6-28(44)41-11-13-42(14-12-41)33(46)23-8-7-21(17-26(23)34)39-32(45)31-37-19-27(40(31)3)24-10-9-22(29(35)30(24)36)25-18-38-43(20(25)2)15-16-47-4;1-4-2-3/h7-10,17-19H,5-6,11-16H2,1-4H3,(H,39,45);2H,1H3. The largest absolute Gasteiger partial charge is 0.471 e. The summed E-state index contributed by atoms with van der Waals surface area (Å²) in [5, 5.41) is 7.10. The lowest BCUT2D eigenvalue weighted by molar-refractivity contribution is -0.132. The van der Waals surface area contributed by atoms with Crippen LogP contribution in [0.15, 0.2) is 42.7 Å². The van der Waals surface area contributed by atoms with Crippen LogP contribution in [-0.2, 0) is 32.7 Å². The summed E-state index contributed by atoms with van der Waals surface area (Å²) in [7, 11) is 4.41. The number of hydrogen-bond acceptors (Lipinski definition) is 8. The van der Waals surface area contributed by atoms with Crippen LogP contribution in [0.3, 0.4) is 0 Å². The van der Waals surface area contributed by atoms with E-state index in [2.05, 4.69) is 20.1 Å². The van der Waals surface area contributed by atoms with Crippen molar-refractivity contribution in [1.29, 1.82) is 0 Å². The molecule has 1 aliphatic heterocycles. The van der Waals surface area contributed by atoms with Crippen molar-refractivity contribution < 1.29 is 37.4 Å². The number of nitrogens with zero attached hydrogens (tertiary/aromatic N) is 6. The van der Waals surface area contributed by atoms with Gasteiger partial charge in [0, 0.05) is 74.8 Å². The smallest absolute Gasteiger partial charge is 0.292 e. The van der Waals surface area contributed by atoms with Crippen LogP contribution in [0.25, 0.3) is 22.4 Å². The van der Waals surface area contributed by atoms with Crippen molar-refractivity contribution in [2.45, 2.75) is 33.2 Å². The van der Waals surface area contributed by atoms with Crippen molar-refractivity contribution in [2.75, 3.05) is 52.3 Å². The van der Waals surface area contributed by atoms with Crippen molar-refractivity contribution in [3.8, 4) is 22.4 Å². The average molecular weight is 728 g/mol. The molecule has 51 heavy (non-hydrogen) atoms. The van der Waals surface area contributed by atoms with Gasteiger partial charge in [-0.05, 0) is 37.6 Å². The summed E-state index contributed by atoms with van der Waals surface area (Å²) in [6.07, 6.45) is 4.04. The van der Waals surface area contributed by atoms with Gasteiger partial charge in [0.2, 0.25) is 5.91 Å². The number of imidazole rings is 1. The molecule has 0 radical (unpaired) electrons. The van der Waals surface area contributed by atoms with Gasteiger partial charge in [0.15, 0.2) is 17.5 Å². The van der Waals surface area contributed by atoms with E-state index >= 15 is 8.78 Å². The van der Waals surface area contributed by atoms with Crippen LogP contribution >= 0.6 is 11.6 Å². The molecule has 0 atom stereocenters. The SMILES string of the molecule is CCCC(=O)N1CCN(C(=O)c2ccc(NC(=O)c3ncc(-c4ccc(-c5cnn(CCOC)c5C)c(F)c4F)n3C)cc2Cl)CC1.COC=O. The zero-order valence-corrected chi connectivity index (χ0v) is 29.8. The van der Waals surface area contributed by atoms with Crippen molar-refractivity contribution in [1.82, 2.24) is 29.1 Å². The first-order chi connectivity index (χ1) is 24.5. The third-order valence-electron chi connectivity index (χ3n) is 8.39. The van der Waals surface area contributed by atoms with E-state index < -0.39 is 17.5 Å². The molecule has 0 unspecified atom stereocenters. The maximum absolute atomic E-state index is 15.5. The first-order valence-electron chi connectivity index (χ1n) is 16.1. The number of carbonyl (C=O) groups is 4. The minimum atomic E-state index is -1.08. The molecule has 1 saturated heterocycles. The predicted molar refractivity (Wildman–Crippen MR) is 186 cm³/mol. The van der Waals surface area contributed by atoms with Crippen LogP contribution < -0.4 is 5.32 Å². The molecule has 5 rings (SSSR count). The van der Waals surface area contributed by atoms with E-state index in [0.717, 1.165) is 6.42 Å². The van der Waals surface area contributed by atoms with Crippen molar-refractivity contribution in [3.63, 3.8) is 0 Å². The summed E-state index contributed by atoms with van der Waals surface area (Å²) >= 11 is 6.46. The minimum Gasteiger partial charge on any atom is -0.471 e. The second-order valence-electron chi connectivity index (χ2n) is 11.6. The molecule has 4 aromatic rings. The Balaban J connectivity index is 0.00000138. The number of benzene rings is 2. The Kier molecular flexibility index (Phi) is 13.4. The van der Waals surface area contributed by atoms with E-state index in [9.17, 15) is 14.4 Å². The molecule has 3 amide bonds. The van der Waals surface area contributed by atoms with E-state index in [1.54, 1.807) is 34.6 Å². The molecular weight excluding hydrogens is 688 g/mol. The molecule has 1 fully saturated rings. The number of nitrogens with one attached hydrogen (secondary N) is 1. The highest BCUT2D eigenvalue weighted by molar-refractivity contribution is 6.34. The van der Waals surface area contributed by atoms with Crippen LogP contribution in [0.4, 0.5) is 14.5 Å². The summed E-state index contributed by atoms with van der Waals surface area (Å²) in [6.45, 7) is 6.72. The van der Waals surface area contributed by atoms with E-state index in [-0.39, 0.29) is 45.0 Å². The quantitative estimate of drug-likeness (QED) is 0.214. The number of methoxy groups -OCH3 is 2. The third kappa shape index (κ3) is 8.78. The van der Waals surface area contributed by atoms with Gasteiger partial charge in [-0.3, -0.25) is 23.9 Å². The molecule has 0 saturated carbocycles. The number of anilines is 1. The lowest BCUT2D eigenvalue weighted by Gasteiger charge is -2.35. The Hall–Kier alpha value is -5.15. The number of hydrogen-bond donors (Lipinski definition) is 1. The molecule has 16 heteroatoms. The Morgan fingerprint density at radius 3 is 2.25 bits per heavy atom. The second-order valence-corrected chi connectivity index (χ2v) is 12.0. The Morgan fingerprint density at radius 2 is 1.63 bits per heavy atom. The van der Waals surface area contributed by atoms with Gasteiger partial charge < -0.3 is 29.2 Å². The van der Waals surface area contributed by atoms with E-state index in [4.69, 9.17) is 21.1 Å². The molecule has 272 valence electrons. The van der Waals surface area contributed by atoms with E-state index in [1.165, 1.54) is 55.4 Å². The number of piperazine rings is 1. The van der Waals surface area contributed by atoms with Gasteiger partial charge in [0.05, 0.1) is 48.9 Å². The van der Waals surface area contributed by atoms with Gasteiger partial charge in [-0.1, -0.05) is 24.6 Å². The highest BCUT2D eigenvalue weighted by atomic mass is 35.5. The molecule has 0 spiro atoms. The van der Waals surface area contributed by atoms with Crippen LogP contribution in [0.5, 0.6) is 0 Å². The van der Waals surface area contributed by atoms with E-state index in [0.29, 0.717) is 69.2 Å². The monoisotopic (exact) mass is 727 g/mol.